The Balaban J connectivity index is 2.45. The van der Waals surface area contributed by atoms with Crippen LogP contribution in [0.15, 0.2) is 35.4 Å². The smallest absolute Gasteiger partial charge is 0.336 e. The molecular weight excluding hydrogens is 239 g/mol. The third-order valence-electron chi connectivity index (χ3n) is 2.66. The van der Waals surface area contributed by atoms with E-state index in [1.165, 1.54) is 21.4 Å². The number of benzene rings is 1. The molecule has 0 radical (unpaired) electrons. The highest BCUT2D eigenvalue weighted by atomic mass is 19.1. The lowest BCUT2D eigenvalue weighted by molar-refractivity contribution is 0.0695. The van der Waals surface area contributed by atoms with Crippen LogP contribution in [0.2, 0.25) is 0 Å². The number of carbonyl (C=O) groups is 1. The van der Waals surface area contributed by atoms with Gasteiger partial charge < -0.3 is 9.67 Å². The predicted molar refractivity (Wildman–Crippen MR) is 62.1 cm³/mol. The van der Waals surface area contributed by atoms with Gasteiger partial charge in [-0.15, -0.1) is 0 Å². The number of hydrogen-bond acceptors (Lipinski definition) is 2. The Hall–Kier alpha value is -2.37. The summed E-state index contributed by atoms with van der Waals surface area (Å²) in [6.45, 7) is 0.0269. The molecule has 0 saturated heterocycles. The third kappa shape index (κ3) is 2.17. The Morgan fingerprint density at radius 3 is 2.67 bits per heavy atom. The number of halogens is 1. The molecule has 0 spiro atoms. The minimum absolute atomic E-state index is 0.00727. The molecule has 0 fully saturated rings. The van der Waals surface area contributed by atoms with E-state index in [4.69, 9.17) is 5.11 Å². The molecule has 18 heavy (non-hydrogen) atoms. The molecule has 5 nitrogen and oxygen atoms in total. The van der Waals surface area contributed by atoms with Gasteiger partial charge in [0.25, 0.3) is 0 Å². The zero-order chi connectivity index (χ0) is 13.3. The molecule has 6 heteroatoms. The largest absolute Gasteiger partial charge is 0.478 e. The van der Waals surface area contributed by atoms with Crippen LogP contribution >= 0.6 is 0 Å². The van der Waals surface area contributed by atoms with Crippen LogP contribution in [0.5, 0.6) is 0 Å². The van der Waals surface area contributed by atoms with Crippen LogP contribution in [-0.4, -0.2) is 20.2 Å². The molecular formula is C12H11FN2O3. The second kappa shape index (κ2) is 4.48. The van der Waals surface area contributed by atoms with E-state index in [0.717, 1.165) is 12.1 Å². The van der Waals surface area contributed by atoms with Crippen molar-refractivity contribution in [1.29, 1.82) is 0 Å². The predicted octanol–water partition coefficient (Wildman–Crippen LogP) is 1.07. The summed E-state index contributed by atoms with van der Waals surface area (Å²) in [4.78, 5) is 22.6. The van der Waals surface area contributed by atoms with Crippen LogP contribution in [0.4, 0.5) is 4.39 Å². The molecule has 94 valence electrons. The highest BCUT2D eigenvalue weighted by Gasteiger charge is 2.12. The van der Waals surface area contributed by atoms with Crippen LogP contribution in [-0.2, 0) is 13.6 Å². The number of rotatable bonds is 3. The average molecular weight is 250 g/mol. The highest BCUT2D eigenvalue weighted by Crippen LogP contribution is 2.12. The minimum Gasteiger partial charge on any atom is -0.478 e. The molecule has 0 aliphatic carbocycles. The maximum Gasteiger partial charge on any atom is 0.336 e. The summed E-state index contributed by atoms with van der Waals surface area (Å²) in [7, 11) is 1.59. The van der Waals surface area contributed by atoms with Crippen molar-refractivity contribution in [2.24, 2.45) is 7.05 Å². The number of aromatic carboxylic acids is 1. The van der Waals surface area contributed by atoms with Crippen LogP contribution in [0.3, 0.4) is 0 Å². The SMILES string of the molecule is Cn1ccn(Cc2cc(F)ccc2C(=O)O)c1=O. The number of nitrogens with zero attached hydrogens (tertiary/aromatic N) is 2. The van der Waals surface area contributed by atoms with E-state index in [1.54, 1.807) is 13.2 Å². The van der Waals surface area contributed by atoms with Crippen molar-refractivity contribution in [3.8, 4) is 0 Å². The topological polar surface area (TPSA) is 64.2 Å². The van der Waals surface area contributed by atoms with Gasteiger partial charge in [-0.2, -0.15) is 0 Å². The van der Waals surface area contributed by atoms with Gasteiger partial charge in [0.2, 0.25) is 0 Å². The van der Waals surface area contributed by atoms with Gasteiger partial charge in [-0.1, -0.05) is 0 Å². The zero-order valence-electron chi connectivity index (χ0n) is 9.63. The van der Waals surface area contributed by atoms with Crippen LogP contribution < -0.4 is 5.69 Å². The van der Waals surface area contributed by atoms with E-state index in [2.05, 4.69) is 0 Å². The van der Waals surface area contributed by atoms with E-state index in [0.29, 0.717) is 0 Å². The molecule has 0 bridgehead atoms. The lowest BCUT2D eigenvalue weighted by Crippen LogP contribution is -2.23. The molecule has 2 aromatic rings. The van der Waals surface area contributed by atoms with E-state index in [9.17, 15) is 14.0 Å². The Kier molecular flexibility index (Phi) is 3.01. The number of carboxylic acid groups (broad SMARTS) is 1. The van der Waals surface area contributed by atoms with Gasteiger partial charge in [0.15, 0.2) is 0 Å². The first-order valence-corrected chi connectivity index (χ1v) is 5.22. The number of aromatic nitrogens is 2. The fourth-order valence-electron chi connectivity index (χ4n) is 1.72. The number of carboxylic acids is 1. The number of imidazole rings is 1. The van der Waals surface area contributed by atoms with E-state index in [-0.39, 0.29) is 23.4 Å². The van der Waals surface area contributed by atoms with Crippen molar-refractivity contribution >= 4 is 5.97 Å². The highest BCUT2D eigenvalue weighted by molar-refractivity contribution is 5.89. The maximum absolute atomic E-state index is 13.1. The Morgan fingerprint density at radius 2 is 2.11 bits per heavy atom. The van der Waals surface area contributed by atoms with E-state index >= 15 is 0 Å². The molecule has 0 saturated carbocycles. The minimum atomic E-state index is -1.14. The van der Waals surface area contributed by atoms with Crippen molar-refractivity contribution in [2.45, 2.75) is 6.54 Å². The molecule has 0 atom stereocenters. The van der Waals surface area contributed by atoms with Gasteiger partial charge in [0.05, 0.1) is 12.1 Å². The van der Waals surface area contributed by atoms with Gasteiger partial charge in [0, 0.05) is 19.4 Å². The van der Waals surface area contributed by atoms with Gasteiger partial charge >= 0.3 is 11.7 Å². The summed E-state index contributed by atoms with van der Waals surface area (Å²) in [5, 5.41) is 8.99. The molecule has 1 heterocycles. The lowest BCUT2D eigenvalue weighted by atomic mass is 10.1. The fraction of sp³-hybridized carbons (Fsp3) is 0.167. The molecule has 0 aliphatic heterocycles. The molecule has 1 aromatic carbocycles. The maximum atomic E-state index is 13.1. The molecule has 1 N–H and O–H groups in total. The summed E-state index contributed by atoms with van der Waals surface area (Å²) < 4.78 is 15.8. The number of hydrogen-bond donors (Lipinski definition) is 1. The second-order valence-electron chi connectivity index (χ2n) is 3.93. The lowest BCUT2D eigenvalue weighted by Gasteiger charge is -2.06. The van der Waals surface area contributed by atoms with E-state index < -0.39 is 11.8 Å². The first kappa shape index (κ1) is 12.1. The standard InChI is InChI=1S/C12H11FN2O3/c1-14-4-5-15(12(14)18)7-8-6-9(13)2-3-10(8)11(16)17/h2-6H,7H2,1H3,(H,16,17). The Morgan fingerprint density at radius 1 is 1.39 bits per heavy atom. The van der Waals surface area contributed by atoms with Gasteiger partial charge in [-0.25, -0.2) is 14.0 Å². The first-order chi connectivity index (χ1) is 8.49. The average Bonchev–Trinajstić information content (AvgIpc) is 2.61. The van der Waals surface area contributed by atoms with Crippen molar-refractivity contribution in [3.05, 3.63) is 58.0 Å². The normalized spacial score (nSPS) is 10.6. The quantitative estimate of drug-likeness (QED) is 0.886. The van der Waals surface area contributed by atoms with Crippen LogP contribution in [0.1, 0.15) is 15.9 Å². The van der Waals surface area contributed by atoms with Crippen molar-refractivity contribution in [2.75, 3.05) is 0 Å². The molecule has 0 aliphatic rings. The summed E-state index contributed by atoms with van der Waals surface area (Å²) >= 11 is 0. The van der Waals surface area contributed by atoms with Crippen molar-refractivity contribution in [1.82, 2.24) is 9.13 Å². The van der Waals surface area contributed by atoms with Crippen LogP contribution in [0.25, 0.3) is 0 Å². The molecule has 0 unspecified atom stereocenters. The van der Waals surface area contributed by atoms with E-state index in [1.807, 2.05) is 0 Å². The summed E-state index contributed by atoms with van der Waals surface area (Å²) in [6.07, 6.45) is 3.08. The first-order valence-electron chi connectivity index (χ1n) is 5.22. The summed E-state index contributed by atoms with van der Waals surface area (Å²) in [6, 6.07) is 3.41. The van der Waals surface area contributed by atoms with Crippen molar-refractivity contribution < 1.29 is 14.3 Å². The Bertz CT molecular complexity index is 658. The zero-order valence-corrected chi connectivity index (χ0v) is 9.63. The summed E-state index contributed by atoms with van der Waals surface area (Å²) in [5.74, 6) is -1.67. The number of aryl methyl sites for hydroxylation is 1. The van der Waals surface area contributed by atoms with Gasteiger partial charge in [-0.05, 0) is 23.8 Å². The second-order valence-corrected chi connectivity index (χ2v) is 3.93. The third-order valence-corrected chi connectivity index (χ3v) is 2.66. The Labute approximate surface area is 102 Å². The van der Waals surface area contributed by atoms with Crippen molar-refractivity contribution in [3.63, 3.8) is 0 Å². The monoisotopic (exact) mass is 250 g/mol. The molecule has 0 amide bonds. The fourth-order valence-corrected chi connectivity index (χ4v) is 1.72. The van der Waals surface area contributed by atoms with Gasteiger partial charge in [-0.3, -0.25) is 4.57 Å². The molecule has 2 rings (SSSR count). The molecule has 1 aromatic heterocycles. The van der Waals surface area contributed by atoms with Gasteiger partial charge in [0.1, 0.15) is 5.82 Å². The summed E-state index contributed by atoms with van der Waals surface area (Å²) in [5.41, 5.74) is -0.0291. The van der Waals surface area contributed by atoms with Crippen LogP contribution in [0, 0.1) is 5.82 Å².